The van der Waals surface area contributed by atoms with Gasteiger partial charge in [0.2, 0.25) is 10.0 Å². The molecule has 0 N–H and O–H groups in total. The van der Waals surface area contributed by atoms with Crippen LogP contribution in [0.4, 0.5) is 5.13 Å². The smallest absolute Gasteiger partial charge is 0.260 e. The minimum absolute atomic E-state index is 0.112. The molecule has 0 fully saturated rings. The average molecular weight is 462 g/mol. The zero-order valence-corrected chi connectivity index (χ0v) is 19.8. The summed E-state index contributed by atoms with van der Waals surface area (Å²) < 4.78 is 33.5. The number of carbonyl (C=O) groups excluding carboxylic acids is 1. The van der Waals surface area contributed by atoms with Crippen LogP contribution in [0.1, 0.15) is 29.8 Å². The molecule has 0 aliphatic rings. The quantitative estimate of drug-likeness (QED) is 0.482. The van der Waals surface area contributed by atoms with Crippen molar-refractivity contribution in [3.05, 3.63) is 53.6 Å². The summed E-state index contributed by atoms with van der Waals surface area (Å²) in [4.78, 5) is 19.8. The summed E-state index contributed by atoms with van der Waals surface area (Å²) >= 11 is 1.42. The molecule has 3 rings (SSSR count). The normalized spacial score (nSPS) is 11.9. The lowest BCUT2D eigenvalue weighted by Crippen LogP contribution is -2.35. The molecule has 2 aromatic carbocycles. The molecule has 1 amide bonds. The van der Waals surface area contributed by atoms with E-state index in [1.165, 1.54) is 21.7 Å². The van der Waals surface area contributed by atoms with Crippen molar-refractivity contribution in [1.82, 2.24) is 9.29 Å². The highest BCUT2D eigenvalue weighted by Gasteiger charge is 2.26. The van der Waals surface area contributed by atoms with Gasteiger partial charge in [-0.05, 0) is 36.8 Å². The molecular formula is C22H27N3O4S2. The first-order chi connectivity index (χ1) is 14.8. The van der Waals surface area contributed by atoms with E-state index in [1.54, 1.807) is 44.9 Å². The summed E-state index contributed by atoms with van der Waals surface area (Å²) in [6, 6.07) is 12.4. The highest BCUT2D eigenvalue weighted by atomic mass is 32.2. The molecule has 7 nitrogen and oxygen atoms in total. The predicted octanol–water partition coefficient (Wildman–Crippen LogP) is 3.93. The zero-order chi connectivity index (χ0) is 22.6. The number of para-hydroxylation sites is 1. The van der Waals surface area contributed by atoms with E-state index >= 15 is 0 Å². The molecule has 9 heteroatoms. The Kier molecular flexibility index (Phi) is 7.42. The van der Waals surface area contributed by atoms with Gasteiger partial charge >= 0.3 is 0 Å². The van der Waals surface area contributed by atoms with Crippen LogP contribution in [0.2, 0.25) is 0 Å². The first kappa shape index (κ1) is 23.3. The van der Waals surface area contributed by atoms with E-state index < -0.39 is 10.0 Å². The van der Waals surface area contributed by atoms with Crippen molar-refractivity contribution in [1.29, 1.82) is 0 Å². The van der Waals surface area contributed by atoms with Crippen molar-refractivity contribution in [3.63, 3.8) is 0 Å². The molecule has 0 spiro atoms. The van der Waals surface area contributed by atoms with Crippen LogP contribution >= 0.6 is 11.3 Å². The van der Waals surface area contributed by atoms with Crippen molar-refractivity contribution < 1.29 is 17.9 Å². The second kappa shape index (κ2) is 9.86. The Morgan fingerprint density at radius 1 is 1.13 bits per heavy atom. The van der Waals surface area contributed by atoms with E-state index in [0.29, 0.717) is 42.5 Å². The third-order valence-corrected chi connectivity index (χ3v) is 8.17. The predicted molar refractivity (Wildman–Crippen MR) is 124 cm³/mol. The number of anilines is 1. The first-order valence-electron chi connectivity index (χ1n) is 10.1. The standard InChI is InChI=1S/C22H27N3O4S2/c1-5-24(6-2)31(27,28)17-12-11-16(3)18(15-17)21(26)25(13-14-29-4)22-23-19-9-7-8-10-20(19)30-22/h7-12,15H,5-6,13-14H2,1-4H3. The SMILES string of the molecule is CCN(CC)S(=O)(=O)c1ccc(C)c(C(=O)N(CCOC)c2nc3ccccc3s2)c1. The van der Waals surface area contributed by atoms with Gasteiger partial charge in [-0.25, -0.2) is 13.4 Å². The van der Waals surface area contributed by atoms with E-state index in [-0.39, 0.29) is 10.8 Å². The number of fused-ring (bicyclic) bond motifs is 1. The van der Waals surface area contributed by atoms with E-state index in [9.17, 15) is 13.2 Å². The number of methoxy groups -OCH3 is 1. The lowest BCUT2D eigenvalue weighted by molar-refractivity contribution is 0.0975. The van der Waals surface area contributed by atoms with Gasteiger partial charge in [-0.3, -0.25) is 9.69 Å². The Morgan fingerprint density at radius 2 is 1.84 bits per heavy atom. The largest absolute Gasteiger partial charge is 0.383 e. The lowest BCUT2D eigenvalue weighted by atomic mass is 10.1. The number of hydrogen-bond acceptors (Lipinski definition) is 6. The monoisotopic (exact) mass is 461 g/mol. The summed E-state index contributed by atoms with van der Waals surface area (Å²) in [5.74, 6) is -0.301. The number of amides is 1. The highest BCUT2D eigenvalue weighted by Crippen LogP contribution is 2.30. The minimum atomic E-state index is -3.68. The van der Waals surface area contributed by atoms with Crippen molar-refractivity contribution in [2.75, 3.05) is 38.3 Å². The first-order valence-corrected chi connectivity index (χ1v) is 12.4. The number of rotatable bonds is 9. The van der Waals surface area contributed by atoms with Crippen molar-refractivity contribution in [2.24, 2.45) is 0 Å². The van der Waals surface area contributed by atoms with Crippen LogP contribution in [-0.4, -0.2) is 57.0 Å². The molecule has 0 unspecified atom stereocenters. The van der Waals surface area contributed by atoms with Crippen LogP contribution in [-0.2, 0) is 14.8 Å². The number of aromatic nitrogens is 1. The summed E-state index contributed by atoms with van der Waals surface area (Å²) in [7, 11) is -2.10. The molecule has 0 bridgehead atoms. The van der Waals surface area contributed by atoms with Crippen LogP contribution in [0.3, 0.4) is 0 Å². The second-order valence-electron chi connectivity index (χ2n) is 6.98. The van der Waals surface area contributed by atoms with Gasteiger partial charge in [-0.1, -0.05) is 43.4 Å². The Balaban J connectivity index is 2.05. The number of benzene rings is 2. The Labute approximate surface area is 187 Å². The minimum Gasteiger partial charge on any atom is -0.383 e. The summed E-state index contributed by atoms with van der Waals surface area (Å²) in [6.45, 7) is 6.75. The zero-order valence-electron chi connectivity index (χ0n) is 18.2. The van der Waals surface area contributed by atoms with E-state index in [0.717, 1.165) is 10.2 Å². The molecule has 0 aliphatic heterocycles. The van der Waals surface area contributed by atoms with Crippen molar-refractivity contribution in [2.45, 2.75) is 25.7 Å². The van der Waals surface area contributed by atoms with Crippen molar-refractivity contribution in [3.8, 4) is 0 Å². The van der Waals surface area contributed by atoms with Crippen LogP contribution in [0.25, 0.3) is 10.2 Å². The molecule has 0 atom stereocenters. The maximum absolute atomic E-state index is 13.6. The number of ether oxygens (including phenoxy) is 1. The van der Waals surface area contributed by atoms with E-state index in [1.807, 2.05) is 24.3 Å². The van der Waals surface area contributed by atoms with Gasteiger partial charge in [0.25, 0.3) is 5.91 Å². The highest BCUT2D eigenvalue weighted by molar-refractivity contribution is 7.89. The summed E-state index contributed by atoms with van der Waals surface area (Å²) in [6.07, 6.45) is 0. The van der Waals surface area contributed by atoms with Gasteiger partial charge in [0.15, 0.2) is 5.13 Å². The van der Waals surface area contributed by atoms with Gasteiger partial charge in [-0.2, -0.15) is 4.31 Å². The molecule has 1 heterocycles. The molecular weight excluding hydrogens is 434 g/mol. The fraction of sp³-hybridized carbons (Fsp3) is 0.364. The fourth-order valence-corrected chi connectivity index (χ4v) is 5.77. The molecule has 0 saturated heterocycles. The van der Waals surface area contributed by atoms with Gasteiger partial charge in [-0.15, -0.1) is 0 Å². The van der Waals surface area contributed by atoms with Gasteiger partial charge in [0.1, 0.15) is 0 Å². The lowest BCUT2D eigenvalue weighted by Gasteiger charge is -2.22. The molecule has 0 aliphatic carbocycles. The maximum atomic E-state index is 13.6. The van der Waals surface area contributed by atoms with Crippen molar-refractivity contribution >= 4 is 42.6 Å². The number of aryl methyl sites for hydroxylation is 1. The van der Waals surface area contributed by atoms with Crippen LogP contribution < -0.4 is 4.90 Å². The third kappa shape index (κ3) is 4.79. The molecule has 1 aromatic heterocycles. The fourth-order valence-electron chi connectivity index (χ4n) is 3.29. The van der Waals surface area contributed by atoms with Gasteiger partial charge < -0.3 is 4.74 Å². The molecule has 0 saturated carbocycles. The topological polar surface area (TPSA) is 79.8 Å². The van der Waals surface area contributed by atoms with E-state index in [2.05, 4.69) is 4.98 Å². The summed E-state index contributed by atoms with van der Waals surface area (Å²) in [5, 5.41) is 0.555. The maximum Gasteiger partial charge on any atom is 0.260 e. The van der Waals surface area contributed by atoms with Gasteiger partial charge in [0, 0.05) is 25.8 Å². The summed E-state index contributed by atoms with van der Waals surface area (Å²) in [5.41, 5.74) is 1.85. The van der Waals surface area contributed by atoms with Crippen LogP contribution in [0.5, 0.6) is 0 Å². The molecule has 31 heavy (non-hydrogen) atoms. The number of hydrogen-bond donors (Lipinski definition) is 0. The molecule has 3 aromatic rings. The van der Waals surface area contributed by atoms with Crippen LogP contribution in [0.15, 0.2) is 47.4 Å². The van der Waals surface area contributed by atoms with Crippen LogP contribution in [0, 0.1) is 6.92 Å². The average Bonchev–Trinajstić information content (AvgIpc) is 3.18. The number of sulfonamides is 1. The second-order valence-corrected chi connectivity index (χ2v) is 9.93. The molecule has 166 valence electrons. The number of carbonyl (C=O) groups is 1. The number of thiazole rings is 1. The van der Waals surface area contributed by atoms with E-state index in [4.69, 9.17) is 4.74 Å². The third-order valence-electron chi connectivity index (χ3n) is 5.06. The Bertz CT molecular complexity index is 1140. The van der Waals surface area contributed by atoms with Gasteiger partial charge in [0.05, 0.1) is 28.3 Å². The Morgan fingerprint density at radius 3 is 2.48 bits per heavy atom. The Hall–Kier alpha value is -2.33. The number of nitrogens with zero attached hydrogens (tertiary/aromatic N) is 3. The molecule has 0 radical (unpaired) electrons.